The molecule has 0 radical (unpaired) electrons. The van der Waals surface area contributed by atoms with E-state index >= 15 is 0 Å². The van der Waals surface area contributed by atoms with Gasteiger partial charge < -0.3 is 9.29 Å². The molecule has 0 saturated heterocycles. The summed E-state index contributed by atoms with van der Waals surface area (Å²) in [6.07, 6.45) is 3.66. The highest BCUT2D eigenvalue weighted by Crippen LogP contribution is 2.30. The maximum atomic E-state index is 10.6. The lowest BCUT2D eigenvalue weighted by molar-refractivity contribution is 0.131. The van der Waals surface area contributed by atoms with Gasteiger partial charge in [-0.05, 0) is 82.6 Å². The summed E-state index contributed by atoms with van der Waals surface area (Å²) in [6.45, 7) is 9.60. The first-order valence-electron chi connectivity index (χ1n) is 11.3. The van der Waals surface area contributed by atoms with Crippen molar-refractivity contribution in [2.75, 3.05) is 0 Å². The van der Waals surface area contributed by atoms with Gasteiger partial charge in [0.05, 0.1) is 4.90 Å². The molecule has 6 nitrogen and oxygen atoms in total. The number of benzene rings is 2. The lowest BCUT2D eigenvalue weighted by Crippen LogP contribution is -2.22. The van der Waals surface area contributed by atoms with Gasteiger partial charge in [0.1, 0.15) is 32.4 Å². The molecule has 2 aromatic heterocycles. The Morgan fingerprint density at radius 2 is 1.36 bits per heavy atom. The molecule has 0 aliphatic carbocycles. The molecule has 0 bridgehead atoms. The Hall–Kier alpha value is -3.20. The number of ether oxygens (including phenoxy) is 1. The molecule has 36 heavy (non-hydrogen) atoms. The van der Waals surface area contributed by atoms with Crippen LogP contribution in [0.15, 0.2) is 111 Å². The van der Waals surface area contributed by atoms with Crippen LogP contribution in [0, 0.1) is 13.8 Å². The van der Waals surface area contributed by atoms with Crippen LogP contribution in [-0.2, 0) is 21.0 Å². The summed E-state index contributed by atoms with van der Waals surface area (Å²) >= 11 is 0. The smallest absolute Gasteiger partial charge is 0.259 e. The fourth-order valence-corrected chi connectivity index (χ4v) is 5.92. The van der Waals surface area contributed by atoms with Gasteiger partial charge in [-0.1, -0.05) is 29.8 Å². The van der Waals surface area contributed by atoms with Gasteiger partial charge in [-0.25, -0.2) is 18.4 Å². The zero-order valence-corrected chi connectivity index (χ0v) is 22.6. The second-order valence-corrected chi connectivity index (χ2v) is 12.3. The molecule has 0 fully saturated rings. The van der Waals surface area contributed by atoms with E-state index in [1.54, 1.807) is 19.1 Å². The van der Waals surface area contributed by atoms with Crippen LogP contribution >= 0.6 is 0 Å². The Bertz CT molecular complexity index is 1330. The Morgan fingerprint density at radius 3 is 1.78 bits per heavy atom. The molecule has 2 aromatic carbocycles. The van der Waals surface area contributed by atoms with Gasteiger partial charge >= 0.3 is 0 Å². The summed E-state index contributed by atoms with van der Waals surface area (Å²) < 4.78 is 37.7. The molecule has 0 N–H and O–H groups in total. The lowest BCUT2D eigenvalue weighted by atomic mass is 10.2. The predicted octanol–water partition coefficient (Wildman–Crippen LogP) is 5.96. The molecule has 4 rings (SSSR count). The highest BCUT2D eigenvalue weighted by molar-refractivity contribution is 7.96. The van der Waals surface area contributed by atoms with Crippen molar-refractivity contribution in [1.29, 1.82) is 0 Å². The summed E-state index contributed by atoms with van der Waals surface area (Å²) in [5.74, 6) is 0.872. The van der Waals surface area contributed by atoms with E-state index in [0.717, 1.165) is 21.4 Å². The highest BCUT2D eigenvalue weighted by Gasteiger charge is 2.31. The molecule has 4 aromatic rings. The van der Waals surface area contributed by atoms with Crippen LogP contribution in [0.5, 0.6) is 5.75 Å². The number of hydrogen-bond acceptors (Lipinski definition) is 6. The van der Waals surface area contributed by atoms with Gasteiger partial charge in [0.15, 0.2) is 4.90 Å². The highest BCUT2D eigenvalue weighted by atomic mass is 32.2. The van der Waals surface area contributed by atoms with Crippen LogP contribution in [-0.4, -0.2) is 28.5 Å². The first kappa shape index (κ1) is 27.4. The zero-order valence-electron chi connectivity index (χ0n) is 21.0. The van der Waals surface area contributed by atoms with Crippen LogP contribution in [0.4, 0.5) is 0 Å². The summed E-state index contributed by atoms with van der Waals surface area (Å²) in [6, 6.07) is 24.9. The molecule has 188 valence electrons. The average molecular weight is 523 g/mol. The monoisotopic (exact) mass is 522 g/mol. The summed E-state index contributed by atoms with van der Waals surface area (Å²) in [4.78, 5) is 10.2. The minimum Gasteiger partial charge on any atom is -0.744 e. The first-order chi connectivity index (χ1) is 16.9. The molecule has 0 aliphatic rings. The SMILES string of the molecule is CC(C)(C)Oc1ccc([S+](c2ccccn2)c2ccccn2)cc1.Cc1ccc(S(=O)(=O)[O-])c(C)c1. The Labute approximate surface area is 216 Å². The second kappa shape index (κ2) is 11.7. The van der Waals surface area contributed by atoms with Crippen molar-refractivity contribution in [3.05, 3.63) is 102 Å². The van der Waals surface area contributed by atoms with Crippen molar-refractivity contribution < 1.29 is 17.7 Å². The topological polar surface area (TPSA) is 92.2 Å². The minimum absolute atomic E-state index is 0.131. The van der Waals surface area contributed by atoms with Gasteiger partial charge in [-0.3, -0.25) is 0 Å². The molecule has 8 heteroatoms. The Kier molecular flexibility index (Phi) is 8.89. The van der Waals surface area contributed by atoms with E-state index in [2.05, 4.69) is 34.2 Å². The molecule has 0 atom stereocenters. The maximum absolute atomic E-state index is 10.6. The van der Waals surface area contributed by atoms with Gasteiger partial charge in [0, 0.05) is 24.5 Å². The third kappa shape index (κ3) is 7.91. The number of aromatic nitrogens is 2. The van der Waals surface area contributed by atoms with E-state index in [1.807, 2.05) is 76.5 Å². The number of pyridine rings is 2. The van der Waals surface area contributed by atoms with Crippen molar-refractivity contribution in [3.8, 4) is 5.75 Å². The normalized spacial score (nSPS) is 11.5. The van der Waals surface area contributed by atoms with E-state index < -0.39 is 10.1 Å². The van der Waals surface area contributed by atoms with Crippen LogP contribution in [0.25, 0.3) is 0 Å². The number of hydrogen-bond donors (Lipinski definition) is 0. The molecular weight excluding hydrogens is 492 g/mol. The van der Waals surface area contributed by atoms with Crippen LogP contribution in [0.1, 0.15) is 31.9 Å². The van der Waals surface area contributed by atoms with Gasteiger partial charge in [-0.2, -0.15) is 0 Å². The van der Waals surface area contributed by atoms with Crippen LogP contribution in [0.2, 0.25) is 0 Å². The second-order valence-electron chi connectivity index (χ2n) is 9.05. The quantitative estimate of drug-likeness (QED) is 0.237. The largest absolute Gasteiger partial charge is 0.744 e. The van der Waals surface area contributed by atoms with Crippen molar-refractivity contribution in [2.45, 2.75) is 60.1 Å². The first-order valence-corrected chi connectivity index (χ1v) is 14.0. The zero-order chi connectivity index (χ0) is 26.3. The van der Waals surface area contributed by atoms with E-state index in [-0.39, 0.29) is 21.4 Å². The van der Waals surface area contributed by atoms with Crippen molar-refractivity contribution >= 4 is 21.0 Å². The summed E-state index contributed by atoms with van der Waals surface area (Å²) in [5, 5.41) is 2.03. The van der Waals surface area contributed by atoms with Crippen molar-refractivity contribution in [1.82, 2.24) is 9.97 Å². The van der Waals surface area contributed by atoms with E-state index in [0.29, 0.717) is 5.56 Å². The standard InChI is InChI=1S/C20H21N2OS.C8H10O3S/c1-20(2,3)23-16-10-12-17(13-11-16)24(18-8-4-6-14-21-18)19-9-5-7-15-22-19;1-6-3-4-8(7(2)5-6)12(9,10)11/h4-15H,1-3H3;3-5H,1-2H3,(H,9,10,11)/q+1;/p-1. The van der Waals surface area contributed by atoms with E-state index in [4.69, 9.17) is 4.74 Å². The average Bonchev–Trinajstić information content (AvgIpc) is 2.80. The Balaban J connectivity index is 0.000000253. The third-order valence-electron chi connectivity index (χ3n) is 4.78. The van der Waals surface area contributed by atoms with E-state index in [9.17, 15) is 13.0 Å². The summed E-state index contributed by atoms with van der Waals surface area (Å²) in [5.41, 5.74) is 1.25. The van der Waals surface area contributed by atoms with Gasteiger partial charge in [0.2, 0.25) is 0 Å². The predicted molar refractivity (Wildman–Crippen MR) is 141 cm³/mol. The van der Waals surface area contributed by atoms with Gasteiger partial charge in [-0.15, -0.1) is 0 Å². The fourth-order valence-electron chi connectivity index (χ4n) is 3.36. The van der Waals surface area contributed by atoms with E-state index in [1.165, 1.54) is 11.0 Å². The number of nitrogens with zero attached hydrogens (tertiary/aromatic N) is 2. The summed E-state index contributed by atoms with van der Waals surface area (Å²) in [7, 11) is -4.62. The Morgan fingerprint density at radius 1 is 0.806 bits per heavy atom. The van der Waals surface area contributed by atoms with Crippen molar-refractivity contribution in [2.24, 2.45) is 0 Å². The molecule has 0 unspecified atom stereocenters. The van der Waals surface area contributed by atoms with Crippen LogP contribution in [0.3, 0.4) is 0 Å². The minimum atomic E-state index is -4.30. The maximum Gasteiger partial charge on any atom is 0.259 e. The number of rotatable bonds is 5. The molecule has 0 spiro atoms. The van der Waals surface area contributed by atoms with Gasteiger partial charge in [0.25, 0.3) is 10.1 Å². The van der Waals surface area contributed by atoms with Crippen molar-refractivity contribution in [3.63, 3.8) is 0 Å². The lowest BCUT2D eigenvalue weighted by Gasteiger charge is -2.21. The third-order valence-corrected chi connectivity index (χ3v) is 7.84. The molecular formula is C28H30N2O4S2. The number of aryl methyl sites for hydroxylation is 2. The molecule has 2 heterocycles. The molecule has 0 saturated carbocycles. The molecule has 0 amide bonds. The fraction of sp³-hybridized carbons (Fsp3) is 0.214. The van der Waals surface area contributed by atoms with Crippen LogP contribution < -0.4 is 4.74 Å². The molecule has 0 aliphatic heterocycles.